The van der Waals surface area contributed by atoms with Crippen molar-refractivity contribution >= 4 is 5.97 Å². The van der Waals surface area contributed by atoms with Crippen molar-refractivity contribution in [2.75, 3.05) is 0 Å². The van der Waals surface area contributed by atoms with Gasteiger partial charge in [-0.15, -0.1) is 0 Å². The number of carbonyl (C=O) groups is 1. The van der Waals surface area contributed by atoms with Crippen molar-refractivity contribution in [1.82, 2.24) is 9.97 Å². The van der Waals surface area contributed by atoms with Crippen LogP contribution in [0, 0.1) is 18.2 Å². The van der Waals surface area contributed by atoms with Gasteiger partial charge in [-0.3, -0.25) is 4.79 Å². The van der Waals surface area contributed by atoms with E-state index in [1.54, 1.807) is 49.6 Å². The van der Waals surface area contributed by atoms with Crippen LogP contribution in [0.1, 0.15) is 43.6 Å². The Labute approximate surface area is 175 Å². The average Bonchev–Trinajstić information content (AvgIpc) is 2.70. The first-order chi connectivity index (χ1) is 14.2. The normalized spacial score (nSPS) is 12.3. The zero-order valence-corrected chi connectivity index (χ0v) is 17.6. The number of aromatic nitrogens is 2. The molecule has 0 amide bonds. The Morgan fingerprint density at radius 1 is 1.07 bits per heavy atom. The number of benzene rings is 2. The van der Waals surface area contributed by atoms with E-state index in [-0.39, 0.29) is 23.7 Å². The first kappa shape index (κ1) is 21.4. The number of aryl methyl sites for hydroxylation is 1. The van der Waals surface area contributed by atoms with Gasteiger partial charge in [0, 0.05) is 18.0 Å². The Morgan fingerprint density at radius 3 is 2.37 bits per heavy atom. The number of rotatable bonds is 6. The summed E-state index contributed by atoms with van der Waals surface area (Å²) in [7, 11) is 0. The monoisotopic (exact) mass is 408 g/mol. The number of hydrogen-bond acceptors (Lipinski definition) is 5. The van der Waals surface area contributed by atoms with E-state index in [0.29, 0.717) is 22.7 Å². The van der Waals surface area contributed by atoms with Crippen LogP contribution >= 0.6 is 0 Å². The van der Waals surface area contributed by atoms with Crippen LogP contribution < -0.4 is 4.74 Å². The maximum Gasteiger partial charge on any atom is 0.314 e. The lowest BCUT2D eigenvalue weighted by atomic mass is 9.77. The average molecular weight is 408 g/mol. The third-order valence-corrected chi connectivity index (χ3v) is 4.58. The number of ether oxygens (including phenoxy) is 2. The first-order valence-electron chi connectivity index (χ1n) is 9.70. The number of halogens is 1. The summed E-state index contributed by atoms with van der Waals surface area (Å²) in [5.74, 6) is -0.162. The van der Waals surface area contributed by atoms with Crippen molar-refractivity contribution < 1.29 is 18.7 Å². The van der Waals surface area contributed by atoms with Crippen molar-refractivity contribution in [3.8, 4) is 11.5 Å². The Hall–Kier alpha value is -3.28. The molecule has 3 aromatic rings. The van der Waals surface area contributed by atoms with Gasteiger partial charge in [-0.05, 0) is 42.2 Å². The summed E-state index contributed by atoms with van der Waals surface area (Å²) < 4.78 is 25.3. The SMILES string of the molecule is Cc1ncc(C(C(=O)OCc2ccc(F)c(Oc3ccccc3)c2)C(C)(C)C)cn1. The Bertz CT molecular complexity index is 999. The fourth-order valence-corrected chi connectivity index (χ4v) is 3.11. The van der Waals surface area contributed by atoms with Gasteiger partial charge in [0.05, 0.1) is 5.92 Å². The molecule has 0 spiro atoms. The zero-order valence-electron chi connectivity index (χ0n) is 17.6. The van der Waals surface area contributed by atoms with Gasteiger partial charge >= 0.3 is 5.97 Å². The smallest absolute Gasteiger partial charge is 0.314 e. The van der Waals surface area contributed by atoms with Crippen LogP contribution in [0.5, 0.6) is 11.5 Å². The van der Waals surface area contributed by atoms with Crippen molar-refractivity contribution in [3.05, 3.63) is 83.7 Å². The molecule has 0 aliphatic carbocycles. The summed E-state index contributed by atoms with van der Waals surface area (Å²) in [4.78, 5) is 21.3. The summed E-state index contributed by atoms with van der Waals surface area (Å²) in [6, 6.07) is 13.4. The number of carbonyl (C=O) groups excluding carboxylic acids is 1. The van der Waals surface area contributed by atoms with Gasteiger partial charge in [-0.2, -0.15) is 0 Å². The molecular weight excluding hydrogens is 383 g/mol. The molecule has 1 atom stereocenters. The molecule has 3 rings (SSSR count). The highest BCUT2D eigenvalue weighted by Gasteiger charge is 2.34. The van der Waals surface area contributed by atoms with E-state index in [0.717, 1.165) is 0 Å². The highest BCUT2D eigenvalue weighted by Crippen LogP contribution is 2.36. The summed E-state index contributed by atoms with van der Waals surface area (Å²) in [6.45, 7) is 7.68. The molecule has 0 aliphatic rings. The van der Waals surface area contributed by atoms with E-state index in [9.17, 15) is 9.18 Å². The third kappa shape index (κ3) is 5.41. The van der Waals surface area contributed by atoms with Crippen LogP contribution in [-0.4, -0.2) is 15.9 Å². The molecule has 0 N–H and O–H groups in total. The van der Waals surface area contributed by atoms with Gasteiger partial charge in [0.15, 0.2) is 11.6 Å². The molecule has 6 heteroatoms. The maximum absolute atomic E-state index is 14.1. The lowest BCUT2D eigenvalue weighted by Crippen LogP contribution is -2.28. The van der Waals surface area contributed by atoms with Crippen molar-refractivity contribution in [2.24, 2.45) is 5.41 Å². The largest absolute Gasteiger partial charge is 0.460 e. The number of para-hydroxylation sites is 1. The van der Waals surface area contributed by atoms with Gasteiger partial charge in [-0.25, -0.2) is 14.4 Å². The summed E-state index contributed by atoms with van der Waals surface area (Å²) in [5.41, 5.74) is 0.939. The molecule has 0 saturated carbocycles. The van der Waals surface area contributed by atoms with Gasteiger partial charge < -0.3 is 9.47 Å². The Kier molecular flexibility index (Phi) is 6.45. The molecular formula is C24H25FN2O3. The van der Waals surface area contributed by atoms with Crippen LogP contribution in [0.3, 0.4) is 0 Å². The summed E-state index contributed by atoms with van der Waals surface area (Å²) in [6.07, 6.45) is 3.31. The highest BCUT2D eigenvalue weighted by atomic mass is 19.1. The summed E-state index contributed by atoms with van der Waals surface area (Å²) >= 11 is 0. The number of nitrogens with zero attached hydrogens (tertiary/aromatic N) is 2. The van der Waals surface area contributed by atoms with Crippen LogP contribution in [-0.2, 0) is 16.1 Å². The molecule has 156 valence electrons. The lowest BCUT2D eigenvalue weighted by molar-refractivity contribution is -0.149. The maximum atomic E-state index is 14.1. The van der Waals surface area contributed by atoms with E-state index < -0.39 is 11.7 Å². The fourth-order valence-electron chi connectivity index (χ4n) is 3.11. The second-order valence-electron chi connectivity index (χ2n) is 8.15. The van der Waals surface area contributed by atoms with Crippen LogP contribution in [0.15, 0.2) is 60.9 Å². The van der Waals surface area contributed by atoms with Gasteiger partial charge in [0.25, 0.3) is 0 Å². The van der Waals surface area contributed by atoms with Crippen LogP contribution in [0.25, 0.3) is 0 Å². The second-order valence-corrected chi connectivity index (χ2v) is 8.15. The molecule has 0 fully saturated rings. The van der Waals surface area contributed by atoms with Gasteiger partial charge in [-0.1, -0.05) is 45.0 Å². The summed E-state index contributed by atoms with van der Waals surface area (Å²) in [5, 5.41) is 0. The number of hydrogen-bond donors (Lipinski definition) is 0. The minimum Gasteiger partial charge on any atom is -0.460 e. The molecule has 30 heavy (non-hydrogen) atoms. The molecule has 1 heterocycles. The highest BCUT2D eigenvalue weighted by molar-refractivity contribution is 5.79. The molecule has 0 saturated heterocycles. The van der Waals surface area contributed by atoms with Crippen LogP contribution in [0.2, 0.25) is 0 Å². The van der Waals surface area contributed by atoms with E-state index in [2.05, 4.69) is 9.97 Å². The van der Waals surface area contributed by atoms with E-state index >= 15 is 0 Å². The van der Waals surface area contributed by atoms with Crippen molar-refractivity contribution in [1.29, 1.82) is 0 Å². The zero-order chi connectivity index (χ0) is 21.7. The molecule has 0 bridgehead atoms. The van der Waals surface area contributed by atoms with E-state index in [1.165, 1.54) is 12.1 Å². The molecule has 1 unspecified atom stereocenters. The Morgan fingerprint density at radius 2 is 1.73 bits per heavy atom. The second kappa shape index (κ2) is 9.03. The van der Waals surface area contributed by atoms with Crippen LogP contribution in [0.4, 0.5) is 4.39 Å². The number of esters is 1. The molecule has 5 nitrogen and oxygen atoms in total. The van der Waals surface area contributed by atoms with Gasteiger partial charge in [0.1, 0.15) is 18.2 Å². The molecule has 2 aromatic carbocycles. The topological polar surface area (TPSA) is 61.3 Å². The molecule has 0 radical (unpaired) electrons. The van der Waals surface area contributed by atoms with E-state index in [4.69, 9.17) is 9.47 Å². The van der Waals surface area contributed by atoms with Crippen molar-refractivity contribution in [3.63, 3.8) is 0 Å². The minimum atomic E-state index is -0.529. The van der Waals surface area contributed by atoms with Crippen molar-refractivity contribution in [2.45, 2.75) is 40.2 Å². The minimum absolute atomic E-state index is 0.00353. The third-order valence-electron chi connectivity index (χ3n) is 4.58. The lowest BCUT2D eigenvalue weighted by Gasteiger charge is -2.28. The van der Waals surface area contributed by atoms with E-state index in [1.807, 2.05) is 26.8 Å². The predicted octanol–water partition coefficient (Wildman–Crippen LogP) is 5.59. The standard InChI is InChI=1S/C24H25FN2O3/c1-16-26-13-18(14-27-16)22(24(2,3)4)23(28)29-15-17-10-11-20(25)21(12-17)30-19-8-6-5-7-9-19/h5-14,22H,15H2,1-4H3. The first-order valence-corrected chi connectivity index (χ1v) is 9.70. The fraction of sp³-hybridized carbons (Fsp3) is 0.292. The van der Waals surface area contributed by atoms with Gasteiger partial charge in [0.2, 0.25) is 0 Å². The Balaban J connectivity index is 1.74. The predicted molar refractivity (Wildman–Crippen MR) is 112 cm³/mol. The quantitative estimate of drug-likeness (QED) is 0.498. The molecule has 0 aliphatic heterocycles. The molecule has 1 aromatic heterocycles.